The van der Waals surface area contributed by atoms with Crippen LogP contribution in [-0.2, 0) is 5.41 Å². The molecular formula is C11H13Br. The first-order valence-electron chi connectivity index (χ1n) is 4.35. The van der Waals surface area contributed by atoms with Crippen molar-refractivity contribution in [2.24, 2.45) is 0 Å². The van der Waals surface area contributed by atoms with Gasteiger partial charge >= 0.3 is 0 Å². The lowest BCUT2D eigenvalue weighted by Gasteiger charge is -2.12. The molecule has 1 heteroatoms. The van der Waals surface area contributed by atoms with Crippen LogP contribution in [0.1, 0.15) is 24.5 Å². The van der Waals surface area contributed by atoms with Gasteiger partial charge in [-0.3, -0.25) is 0 Å². The summed E-state index contributed by atoms with van der Waals surface area (Å²) in [6.07, 6.45) is 1.28. The van der Waals surface area contributed by atoms with E-state index >= 15 is 0 Å². The topological polar surface area (TPSA) is 0 Å². The first-order valence-corrected chi connectivity index (χ1v) is 5.26. The van der Waals surface area contributed by atoms with Crippen LogP contribution in [0.25, 0.3) is 0 Å². The Morgan fingerprint density at radius 2 is 2.00 bits per heavy atom. The van der Waals surface area contributed by atoms with Crippen molar-refractivity contribution in [1.29, 1.82) is 0 Å². The molecule has 0 nitrogen and oxygen atoms in total. The summed E-state index contributed by atoms with van der Waals surface area (Å²) in [7, 11) is 0. The van der Waals surface area contributed by atoms with Gasteiger partial charge in [0.25, 0.3) is 0 Å². The zero-order valence-corrected chi connectivity index (χ0v) is 9.06. The van der Waals surface area contributed by atoms with Gasteiger partial charge in [-0.2, -0.15) is 0 Å². The van der Waals surface area contributed by atoms with Gasteiger partial charge < -0.3 is 0 Å². The van der Waals surface area contributed by atoms with E-state index in [9.17, 15) is 0 Å². The van der Waals surface area contributed by atoms with Crippen molar-refractivity contribution in [2.45, 2.75) is 30.5 Å². The third-order valence-electron chi connectivity index (χ3n) is 2.89. The Morgan fingerprint density at radius 3 is 2.50 bits per heavy atom. The highest BCUT2D eigenvalue weighted by Crippen LogP contribution is 2.53. The molecule has 0 N–H and O–H groups in total. The van der Waals surface area contributed by atoms with Gasteiger partial charge in [0.1, 0.15) is 0 Å². The number of hydrogen-bond donors (Lipinski definition) is 0. The molecule has 1 aliphatic carbocycles. The smallest absolute Gasteiger partial charge is 0.0249 e. The molecule has 0 spiro atoms. The van der Waals surface area contributed by atoms with Crippen LogP contribution in [0.4, 0.5) is 0 Å². The zero-order chi connectivity index (χ0) is 8.77. The summed E-state index contributed by atoms with van der Waals surface area (Å²) in [5.41, 5.74) is 3.33. The lowest BCUT2D eigenvalue weighted by atomic mass is 9.94. The number of halogens is 1. The fraction of sp³-hybridized carbons (Fsp3) is 0.455. The molecular weight excluding hydrogens is 212 g/mol. The van der Waals surface area contributed by atoms with Crippen molar-refractivity contribution in [3.8, 4) is 0 Å². The van der Waals surface area contributed by atoms with Gasteiger partial charge in [-0.15, -0.1) is 0 Å². The summed E-state index contributed by atoms with van der Waals surface area (Å²) >= 11 is 3.68. The van der Waals surface area contributed by atoms with Crippen LogP contribution in [-0.4, -0.2) is 4.83 Å². The van der Waals surface area contributed by atoms with Gasteiger partial charge in [0.15, 0.2) is 0 Å². The highest BCUT2D eigenvalue weighted by atomic mass is 79.9. The van der Waals surface area contributed by atoms with E-state index in [-0.39, 0.29) is 0 Å². The SMILES string of the molecule is Cc1ccccc1C1(C)CC1Br. The molecule has 0 saturated heterocycles. The maximum Gasteiger partial charge on any atom is 0.0249 e. The van der Waals surface area contributed by atoms with E-state index in [4.69, 9.17) is 0 Å². The van der Waals surface area contributed by atoms with Crippen molar-refractivity contribution in [3.63, 3.8) is 0 Å². The van der Waals surface area contributed by atoms with Crippen LogP contribution in [0.5, 0.6) is 0 Å². The third kappa shape index (κ3) is 1.11. The predicted octanol–water partition coefficient (Wildman–Crippen LogP) is 3.42. The van der Waals surface area contributed by atoms with E-state index in [0.29, 0.717) is 10.2 Å². The standard InChI is InChI=1S/C11H13Br/c1-8-5-3-4-6-9(8)11(2)7-10(11)12/h3-6,10H,7H2,1-2H3. The van der Waals surface area contributed by atoms with Gasteiger partial charge in [-0.25, -0.2) is 0 Å². The highest BCUT2D eigenvalue weighted by Gasteiger charge is 2.50. The Balaban J connectivity index is 2.41. The van der Waals surface area contributed by atoms with E-state index in [1.54, 1.807) is 0 Å². The number of rotatable bonds is 1. The van der Waals surface area contributed by atoms with E-state index in [1.165, 1.54) is 17.5 Å². The van der Waals surface area contributed by atoms with E-state index in [0.717, 1.165) is 0 Å². The minimum Gasteiger partial charge on any atom is -0.0881 e. The number of aryl methyl sites for hydroxylation is 1. The summed E-state index contributed by atoms with van der Waals surface area (Å²) in [5, 5.41) is 0. The van der Waals surface area contributed by atoms with Crippen LogP contribution < -0.4 is 0 Å². The molecule has 64 valence electrons. The Labute approximate surface area is 82.1 Å². The van der Waals surface area contributed by atoms with Crippen LogP contribution in [0, 0.1) is 6.92 Å². The first-order chi connectivity index (χ1) is 5.64. The zero-order valence-electron chi connectivity index (χ0n) is 7.47. The highest BCUT2D eigenvalue weighted by molar-refractivity contribution is 9.09. The van der Waals surface area contributed by atoms with Crippen molar-refractivity contribution in [1.82, 2.24) is 0 Å². The average molecular weight is 225 g/mol. The molecule has 12 heavy (non-hydrogen) atoms. The maximum atomic E-state index is 3.68. The van der Waals surface area contributed by atoms with Gasteiger partial charge in [-0.05, 0) is 24.5 Å². The number of alkyl halides is 1. The largest absolute Gasteiger partial charge is 0.0881 e. The normalized spacial score (nSPS) is 33.4. The fourth-order valence-electron chi connectivity index (χ4n) is 1.81. The van der Waals surface area contributed by atoms with Crippen LogP contribution in [0.3, 0.4) is 0 Å². The minimum atomic E-state index is 0.408. The second kappa shape index (κ2) is 2.59. The molecule has 1 fully saturated rings. The van der Waals surface area contributed by atoms with Crippen molar-refractivity contribution >= 4 is 15.9 Å². The maximum absolute atomic E-state index is 3.68. The van der Waals surface area contributed by atoms with Gasteiger partial charge in [0, 0.05) is 10.2 Å². The van der Waals surface area contributed by atoms with Crippen LogP contribution >= 0.6 is 15.9 Å². The molecule has 2 unspecified atom stereocenters. The van der Waals surface area contributed by atoms with Gasteiger partial charge in [-0.1, -0.05) is 47.1 Å². The van der Waals surface area contributed by atoms with E-state index < -0.39 is 0 Å². The molecule has 0 aromatic heterocycles. The van der Waals surface area contributed by atoms with Crippen molar-refractivity contribution in [2.75, 3.05) is 0 Å². The Kier molecular flexibility index (Phi) is 1.80. The number of benzene rings is 1. The molecule has 1 aromatic carbocycles. The van der Waals surface area contributed by atoms with Gasteiger partial charge in [0.05, 0.1) is 0 Å². The summed E-state index contributed by atoms with van der Waals surface area (Å²) < 4.78 is 0. The molecule has 2 atom stereocenters. The molecule has 0 bridgehead atoms. The predicted molar refractivity (Wildman–Crippen MR) is 55.9 cm³/mol. The molecule has 2 rings (SSSR count). The second-order valence-electron chi connectivity index (χ2n) is 3.90. The summed E-state index contributed by atoms with van der Waals surface area (Å²) in [5.74, 6) is 0. The molecule has 1 saturated carbocycles. The Hall–Kier alpha value is -0.300. The second-order valence-corrected chi connectivity index (χ2v) is 5.01. The molecule has 0 aliphatic heterocycles. The molecule has 0 heterocycles. The van der Waals surface area contributed by atoms with E-state index in [1.807, 2.05) is 0 Å². The average Bonchev–Trinajstić information content (AvgIpc) is 2.61. The lowest BCUT2D eigenvalue weighted by Crippen LogP contribution is -2.05. The summed E-state index contributed by atoms with van der Waals surface area (Å²) in [6, 6.07) is 8.68. The van der Waals surface area contributed by atoms with Crippen LogP contribution in [0.2, 0.25) is 0 Å². The lowest BCUT2D eigenvalue weighted by molar-refractivity contribution is 0.786. The molecule has 0 radical (unpaired) electrons. The van der Waals surface area contributed by atoms with E-state index in [2.05, 4.69) is 54.0 Å². The molecule has 0 amide bonds. The summed E-state index contributed by atoms with van der Waals surface area (Å²) in [6.45, 7) is 4.52. The van der Waals surface area contributed by atoms with Crippen LogP contribution in [0.15, 0.2) is 24.3 Å². The van der Waals surface area contributed by atoms with Crippen molar-refractivity contribution < 1.29 is 0 Å². The van der Waals surface area contributed by atoms with Gasteiger partial charge in [0.2, 0.25) is 0 Å². The Bertz CT molecular complexity index is 306. The fourth-order valence-corrected chi connectivity index (χ4v) is 2.72. The number of hydrogen-bond acceptors (Lipinski definition) is 0. The minimum absolute atomic E-state index is 0.408. The molecule has 1 aromatic rings. The summed E-state index contributed by atoms with van der Waals surface area (Å²) in [4.78, 5) is 0.686. The quantitative estimate of drug-likeness (QED) is 0.642. The third-order valence-corrected chi connectivity index (χ3v) is 4.23. The monoisotopic (exact) mass is 224 g/mol. The molecule has 1 aliphatic rings. The Morgan fingerprint density at radius 1 is 1.42 bits per heavy atom. The van der Waals surface area contributed by atoms with Crippen molar-refractivity contribution in [3.05, 3.63) is 35.4 Å². The first kappa shape index (κ1) is 8.31.